The number of hydrogen-bond donors (Lipinski definition) is 2. The van der Waals surface area contributed by atoms with Gasteiger partial charge >= 0.3 is 0 Å². The lowest BCUT2D eigenvalue weighted by Crippen LogP contribution is -2.35. The third-order valence-corrected chi connectivity index (χ3v) is 1.76. The van der Waals surface area contributed by atoms with Crippen LogP contribution < -0.4 is 10.6 Å². The summed E-state index contributed by atoms with van der Waals surface area (Å²) in [5, 5.41) is 6.08. The van der Waals surface area contributed by atoms with E-state index in [4.69, 9.17) is 0 Å². The Morgan fingerprint density at radius 2 is 2.60 bits per heavy atom. The Balaban J connectivity index is 2.07. The molecular formula is C7H14N2O. The molecule has 0 aliphatic carbocycles. The number of rotatable bonds is 2. The fourth-order valence-corrected chi connectivity index (χ4v) is 1.20. The first-order valence-electron chi connectivity index (χ1n) is 3.77. The van der Waals surface area contributed by atoms with Crippen LogP contribution in [0.25, 0.3) is 0 Å². The SMILES string of the molecule is CC(=O)NC[C@H]1CCCN1. The Kier molecular flexibility index (Phi) is 2.68. The van der Waals surface area contributed by atoms with Crippen LogP contribution in [0.4, 0.5) is 0 Å². The van der Waals surface area contributed by atoms with Crippen molar-refractivity contribution >= 4 is 5.91 Å². The molecule has 1 aliphatic rings. The second kappa shape index (κ2) is 3.56. The van der Waals surface area contributed by atoms with Gasteiger partial charge in [-0.1, -0.05) is 0 Å². The van der Waals surface area contributed by atoms with Gasteiger partial charge in [0.25, 0.3) is 0 Å². The first-order valence-corrected chi connectivity index (χ1v) is 3.77. The van der Waals surface area contributed by atoms with Gasteiger partial charge in [-0.2, -0.15) is 0 Å². The van der Waals surface area contributed by atoms with Crippen LogP contribution >= 0.6 is 0 Å². The van der Waals surface area contributed by atoms with E-state index < -0.39 is 0 Å². The maximum Gasteiger partial charge on any atom is 0.216 e. The molecule has 1 aliphatic heterocycles. The summed E-state index contributed by atoms with van der Waals surface area (Å²) >= 11 is 0. The number of amides is 1. The summed E-state index contributed by atoms with van der Waals surface area (Å²) in [6.45, 7) is 3.44. The zero-order valence-corrected chi connectivity index (χ0v) is 6.31. The molecule has 0 aromatic rings. The zero-order chi connectivity index (χ0) is 7.40. The van der Waals surface area contributed by atoms with E-state index in [9.17, 15) is 4.79 Å². The van der Waals surface area contributed by atoms with Crippen molar-refractivity contribution in [3.8, 4) is 0 Å². The van der Waals surface area contributed by atoms with Crippen LogP contribution in [-0.2, 0) is 4.79 Å². The van der Waals surface area contributed by atoms with Gasteiger partial charge in [-0.05, 0) is 19.4 Å². The van der Waals surface area contributed by atoms with Crippen molar-refractivity contribution in [3.63, 3.8) is 0 Å². The largest absolute Gasteiger partial charge is 0.355 e. The highest BCUT2D eigenvalue weighted by Gasteiger charge is 2.12. The van der Waals surface area contributed by atoms with E-state index in [2.05, 4.69) is 10.6 Å². The van der Waals surface area contributed by atoms with Crippen molar-refractivity contribution in [3.05, 3.63) is 0 Å². The molecule has 0 aromatic heterocycles. The molecular weight excluding hydrogens is 128 g/mol. The monoisotopic (exact) mass is 142 g/mol. The Bertz CT molecular complexity index is 119. The van der Waals surface area contributed by atoms with Crippen molar-refractivity contribution < 1.29 is 4.79 Å². The molecule has 58 valence electrons. The summed E-state index contributed by atoms with van der Waals surface area (Å²) in [5.74, 6) is 0.0636. The smallest absolute Gasteiger partial charge is 0.216 e. The first kappa shape index (κ1) is 7.54. The van der Waals surface area contributed by atoms with Gasteiger partial charge in [-0.3, -0.25) is 4.79 Å². The molecule has 0 radical (unpaired) electrons. The minimum atomic E-state index is 0.0636. The molecule has 0 aromatic carbocycles. The fourth-order valence-electron chi connectivity index (χ4n) is 1.20. The van der Waals surface area contributed by atoms with Gasteiger partial charge in [-0.15, -0.1) is 0 Å². The highest BCUT2D eigenvalue weighted by atomic mass is 16.1. The van der Waals surface area contributed by atoms with Crippen molar-refractivity contribution in [1.82, 2.24) is 10.6 Å². The van der Waals surface area contributed by atoms with E-state index in [1.807, 2.05) is 0 Å². The Morgan fingerprint density at radius 3 is 3.10 bits per heavy atom. The molecule has 1 atom stereocenters. The van der Waals surface area contributed by atoms with Crippen LogP contribution in [0.2, 0.25) is 0 Å². The summed E-state index contributed by atoms with van der Waals surface area (Å²) in [7, 11) is 0. The third-order valence-electron chi connectivity index (χ3n) is 1.76. The highest BCUT2D eigenvalue weighted by Crippen LogP contribution is 2.02. The predicted octanol–water partition coefficient (Wildman–Crippen LogP) is -0.126. The van der Waals surface area contributed by atoms with Gasteiger partial charge in [-0.25, -0.2) is 0 Å². The molecule has 0 saturated carbocycles. The van der Waals surface area contributed by atoms with Crippen molar-refractivity contribution in [2.24, 2.45) is 0 Å². The maximum atomic E-state index is 10.5. The average Bonchev–Trinajstić information content (AvgIpc) is 2.34. The minimum absolute atomic E-state index is 0.0636. The average molecular weight is 142 g/mol. The van der Waals surface area contributed by atoms with Crippen LogP contribution in [0, 0.1) is 0 Å². The summed E-state index contributed by atoms with van der Waals surface area (Å²) in [5.41, 5.74) is 0. The van der Waals surface area contributed by atoms with Crippen LogP contribution in [-0.4, -0.2) is 25.0 Å². The molecule has 1 amide bonds. The van der Waals surface area contributed by atoms with E-state index >= 15 is 0 Å². The first-order chi connectivity index (χ1) is 4.79. The lowest BCUT2D eigenvalue weighted by atomic mass is 10.2. The van der Waals surface area contributed by atoms with E-state index in [0.29, 0.717) is 6.04 Å². The number of hydrogen-bond acceptors (Lipinski definition) is 2. The van der Waals surface area contributed by atoms with Crippen LogP contribution in [0.3, 0.4) is 0 Å². The van der Waals surface area contributed by atoms with E-state index in [-0.39, 0.29) is 5.91 Å². The molecule has 3 heteroatoms. The fraction of sp³-hybridized carbons (Fsp3) is 0.857. The molecule has 1 saturated heterocycles. The van der Waals surface area contributed by atoms with E-state index in [0.717, 1.165) is 13.1 Å². The summed E-state index contributed by atoms with van der Waals surface area (Å²) in [4.78, 5) is 10.5. The Hall–Kier alpha value is -0.570. The van der Waals surface area contributed by atoms with Crippen LogP contribution in [0.1, 0.15) is 19.8 Å². The van der Waals surface area contributed by atoms with Gasteiger partial charge in [0.05, 0.1) is 0 Å². The normalized spacial score (nSPS) is 24.7. The Labute approximate surface area is 61.2 Å². The van der Waals surface area contributed by atoms with E-state index in [1.54, 1.807) is 6.92 Å². The molecule has 0 unspecified atom stereocenters. The second-order valence-corrected chi connectivity index (χ2v) is 2.73. The van der Waals surface area contributed by atoms with Gasteiger partial charge in [0.1, 0.15) is 0 Å². The van der Waals surface area contributed by atoms with Gasteiger partial charge in [0, 0.05) is 19.5 Å². The molecule has 2 N–H and O–H groups in total. The van der Waals surface area contributed by atoms with Crippen LogP contribution in [0.15, 0.2) is 0 Å². The third kappa shape index (κ3) is 2.35. The van der Waals surface area contributed by atoms with Crippen molar-refractivity contribution in [2.45, 2.75) is 25.8 Å². The van der Waals surface area contributed by atoms with E-state index in [1.165, 1.54) is 12.8 Å². The number of carbonyl (C=O) groups is 1. The molecule has 10 heavy (non-hydrogen) atoms. The lowest BCUT2D eigenvalue weighted by Gasteiger charge is -2.09. The predicted molar refractivity (Wildman–Crippen MR) is 39.7 cm³/mol. The molecule has 0 bridgehead atoms. The van der Waals surface area contributed by atoms with Gasteiger partial charge in [0.2, 0.25) is 5.91 Å². The zero-order valence-electron chi connectivity index (χ0n) is 6.31. The quantitative estimate of drug-likeness (QED) is 0.564. The molecule has 0 spiro atoms. The van der Waals surface area contributed by atoms with Gasteiger partial charge < -0.3 is 10.6 Å². The van der Waals surface area contributed by atoms with Gasteiger partial charge in [0.15, 0.2) is 0 Å². The highest BCUT2D eigenvalue weighted by molar-refractivity contribution is 5.72. The molecule has 1 heterocycles. The molecule has 1 fully saturated rings. The lowest BCUT2D eigenvalue weighted by molar-refractivity contribution is -0.119. The minimum Gasteiger partial charge on any atom is -0.355 e. The van der Waals surface area contributed by atoms with Crippen LogP contribution in [0.5, 0.6) is 0 Å². The number of carbonyl (C=O) groups excluding carboxylic acids is 1. The topological polar surface area (TPSA) is 41.1 Å². The summed E-state index contributed by atoms with van der Waals surface area (Å²) in [6, 6.07) is 0.517. The summed E-state index contributed by atoms with van der Waals surface area (Å²) < 4.78 is 0. The Morgan fingerprint density at radius 1 is 1.80 bits per heavy atom. The standard InChI is InChI=1S/C7H14N2O/c1-6(10)9-5-7-3-2-4-8-7/h7-8H,2-5H2,1H3,(H,9,10)/t7-/m1/s1. The molecule has 3 nitrogen and oxygen atoms in total. The summed E-state index contributed by atoms with van der Waals surface area (Å²) in [6.07, 6.45) is 2.44. The number of nitrogens with one attached hydrogen (secondary N) is 2. The van der Waals surface area contributed by atoms with Crippen molar-refractivity contribution in [1.29, 1.82) is 0 Å². The van der Waals surface area contributed by atoms with Crippen molar-refractivity contribution in [2.75, 3.05) is 13.1 Å². The second-order valence-electron chi connectivity index (χ2n) is 2.73. The molecule has 1 rings (SSSR count). The maximum absolute atomic E-state index is 10.5.